The zero-order chi connectivity index (χ0) is 14.7. The summed E-state index contributed by atoms with van der Waals surface area (Å²) in [5, 5.41) is 5.54. The van der Waals surface area contributed by atoms with Crippen molar-refractivity contribution in [2.24, 2.45) is 0 Å². The predicted octanol–water partition coefficient (Wildman–Crippen LogP) is 0.343. The van der Waals surface area contributed by atoms with Crippen LogP contribution in [-0.2, 0) is 4.79 Å². The quantitative estimate of drug-likeness (QED) is 0.695. The number of carbonyl (C=O) groups excluding carboxylic acids is 2. The van der Waals surface area contributed by atoms with Gasteiger partial charge >= 0.3 is 0 Å². The lowest BCUT2D eigenvalue weighted by molar-refractivity contribution is -0.119. The molecule has 0 saturated carbocycles. The predicted molar refractivity (Wildman–Crippen MR) is 78.7 cm³/mol. The number of nitrogens with zero attached hydrogens (tertiary/aromatic N) is 1. The van der Waals surface area contributed by atoms with E-state index in [2.05, 4.69) is 15.5 Å². The molecule has 1 aromatic rings. The van der Waals surface area contributed by atoms with E-state index in [1.807, 2.05) is 0 Å². The van der Waals surface area contributed by atoms with Gasteiger partial charge in [0.15, 0.2) is 0 Å². The molecule has 0 bridgehead atoms. The zero-order valence-electron chi connectivity index (χ0n) is 11.8. The van der Waals surface area contributed by atoms with Crippen LogP contribution in [0.3, 0.4) is 0 Å². The Morgan fingerprint density at radius 2 is 2.15 bits per heavy atom. The highest BCUT2D eigenvalue weighted by Crippen LogP contribution is 2.27. The van der Waals surface area contributed by atoms with Crippen LogP contribution in [0.15, 0.2) is 18.2 Å². The molecule has 1 saturated heterocycles. The van der Waals surface area contributed by atoms with E-state index in [9.17, 15) is 9.59 Å². The standard InChI is InChI=1S/C14H20N4O2/c1-9(19)17-11-5-6-18(8-11)13-7-10(15)3-4-12(13)14(20)16-2/h3-4,7,11H,5-6,8,15H2,1-2H3,(H,16,20)(H,17,19). The van der Waals surface area contributed by atoms with Gasteiger partial charge in [0.2, 0.25) is 5.91 Å². The van der Waals surface area contributed by atoms with Gasteiger partial charge in [-0.25, -0.2) is 0 Å². The number of amides is 2. The second kappa shape index (κ2) is 5.81. The summed E-state index contributed by atoms with van der Waals surface area (Å²) < 4.78 is 0. The number of hydrogen-bond acceptors (Lipinski definition) is 4. The third-order valence-electron chi connectivity index (χ3n) is 3.43. The van der Waals surface area contributed by atoms with Gasteiger partial charge < -0.3 is 21.3 Å². The Labute approximate surface area is 118 Å². The number of nitrogens with one attached hydrogen (secondary N) is 2. The third kappa shape index (κ3) is 3.01. The normalized spacial score (nSPS) is 17.9. The van der Waals surface area contributed by atoms with E-state index >= 15 is 0 Å². The highest BCUT2D eigenvalue weighted by Gasteiger charge is 2.26. The van der Waals surface area contributed by atoms with Crippen LogP contribution in [0.4, 0.5) is 11.4 Å². The van der Waals surface area contributed by atoms with Crippen LogP contribution in [0.2, 0.25) is 0 Å². The van der Waals surface area contributed by atoms with Crippen molar-refractivity contribution >= 4 is 23.2 Å². The van der Waals surface area contributed by atoms with Gasteiger partial charge in [-0.05, 0) is 24.6 Å². The SMILES string of the molecule is CNC(=O)c1ccc(N)cc1N1CCC(NC(C)=O)C1. The number of anilines is 2. The molecule has 1 aromatic carbocycles. The molecule has 1 atom stereocenters. The first-order chi connectivity index (χ1) is 9.51. The van der Waals surface area contributed by atoms with Gasteiger partial charge in [-0.1, -0.05) is 0 Å². The second-order valence-corrected chi connectivity index (χ2v) is 4.99. The molecule has 0 radical (unpaired) electrons. The smallest absolute Gasteiger partial charge is 0.253 e. The van der Waals surface area contributed by atoms with E-state index in [4.69, 9.17) is 5.73 Å². The van der Waals surface area contributed by atoms with Crippen LogP contribution in [0.1, 0.15) is 23.7 Å². The van der Waals surface area contributed by atoms with Crippen LogP contribution in [0.25, 0.3) is 0 Å². The van der Waals surface area contributed by atoms with Crippen molar-refractivity contribution in [2.45, 2.75) is 19.4 Å². The van der Waals surface area contributed by atoms with E-state index in [0.717, 1.165) is 18.7 Å². The molecule has 6 heteroatoms. The van der Waals surface area contributed by atoms with Crippen molar-refractivity contribution < 1.29 is 9.59 Å². The van der Waals surface area contributed by atoms with Gasteiger partial charge in [-0.15, -0.1) is 0 Å². The van der Waals surface area contributed by atoms with Crippen LogP contribution < -0.4 is 21.3 Å². The first kappa shape index (κ1) is 14.2. The lowest BCUT2D eigenvalue weighted by Crippen LogP contribution is -2.36. The molecule has 1 unspecified atom stereocenters. The summed E-state index contributed by atoms with van der Waals surface area (Å²) in [6.45, 7) is 2.99. The van der Waals surface area contributed by atoms with Crippen molar-refractivity contribution in [1.29, 1.82) is 0 Å². The summed E-state index contributed by atoms with van der Waals surface area (Å²) in [7, 11) is 1.60. The maximum atomic E-state index is 11.9. The highest BCUT2D eigenvalue weighted by molar-refractivity contribution is 6.00. The number of rotatable bonds is 3. The Bertz CT molecular complexity index is 530. The van der Waals surface area contributed by atoms with Crippen LogP contribution in [-0.4, -0.2) is 38.0 Å². The molecule has 2 rings (SSSR count). The molecule has 6 nitrogen and oxygen atoms in total. The first-order valence-corrected chi connectivity index (χ1v) is 6.65. The van der Waals surface area contributed by atoms with Gasteiger partial charge in [-0.3, -0.25) is 9.59 Å². The molecular weight excluding hydrogens is 256 g/mol. The van der Waals surface area contributed by atoms with Crippen molar-refractivity contribution in [2.75, 3.05) is 30.8 Å². The second-order valence-electron chi connectivity index (χ2n) is 4.99. The number of hydrogen-bond donors (Lipinski definition) is 3. The largest absolute Gasteiger partial charge is 0.399 e. The van der Waals surface area contributed by atoms with Gasteiger partial charge in [-0.2, -0.15) is 0 Å². The Kier molecular flexibility index (Phi) is 4.12. The van der Waals surface area contributed by atoms with Gasteiger partial charge in [0, 0.05) is 38.8 Å². The lowest BCUT2D eigenvalue weighted by atomic mass is 10.1. The fourth-order valence-electron chi connectivity index (χ4n) is 2.52. The molecule has 1 aliphatic rings. The van der Waals surface area contributed by atoms with E-state index < -0.39 is 0 Å². The Morgan fingerprint density at radius 1 is 1.40 bits per heavy atom. The monoisotopic (exact) mass is 276 g/mol. The fraction of sp³-hybridized carbons (Fsp3) is 0.429. The van der Waals surface area contributed by atoms with Gasteiger partial charge in [0.1, 0.15) is 0 Å². The van der Waals surface area contributed by atoms with E-state index in [0.29, 0.717) is 17.8 Å². The Hall–Kier alpha value is -2.24. The summed E-state index contributed by atoms with van der Waals surface area (Å²) in [4.78, 5) is 25.1. The first-order valence-electron chi connectivity index (χ1n) is 6.65. The maximum Gasteiger partial charge on any atom is 0.253 e. The van der Waals surface area contributed by atoms with Crippen molar-refractivity contribution in [3.63, 3.8) is 0 Å². The van der Waals surface area contributed by atoms with Crippen molar-refractivity contribution in [3.05, 3.63) is 23.8 Å². The fourth-order valence-corrected chi connectivity index (χ4v) is 2.52. The molecule has 2 amide bonds. The Balaban J connectivity index is 2.22. The van der Waals surface area contributed by atoms with Crippen LogP contribution in [0.5, 0.6) is 0 Å². The summed E-state index contributed by atoms with van der Waals surface area (Å²) in [5.41, 5.74) is 7.86. The summed E-state index contributed by atoms with van der Waals surface area (Å²) in [5.74, 6) is -0.168. The number of nitrogens with two attached hydrogens (primary N) is 1. The summed E-state index contributed by atoms with van der Waals surface area (Å²) >= 11 is 0. The molecule has 4 N–H and O–H groups in total. The molecular formula is C14H20N4O2. The number of benzene rings is 1. The molecule has 108 valence electrons. The number of carbonyl (C=O) groups is 2. The zero-order valence-corrected chi connectivity index (χ0v) is 11.8. The minimum Gasteiger partial charge on any atom is -0.399 e. The van der Waals surface area contributed by atoms with Gasteiger partial charge in [0.25, 0.3) is 5.91 Å². The number of nitrogen functional groups attached to an aromatic ring is 1. The lowest BCUT2D eigenvalue weighted by Gasteiger charge is -2.22. The highest BCUT2D eigenvalue weighted by atomic mass is 16.2. The Morgan fingerprint density at radius 3 is 2.80 bits per heavy atom. The summed E-state index contributed by atoms with van der Waals surface area (Å²) in [6, 6.07) is 5.37. The van der Waals surface area contributed by atoms with Crippen molar-refractivity contribution in [3.8, 4) is 0 Å². The molecule has 0 aromatic heterocycles. The minimum absolute atomic E-state index is 0.0315. The van der Waals surface area contributed by atoms with E-state index in [1.165, 1.54) is 6.92 Å². The molecule has 1 fully saturated rings. The minimum atomic E-state index is -0.136. The topological polar surface area (TPSA) is 87.5 Å². The van der Waals surface area contributed by atoms with E-state index in [1.54, 1.807) is 25.2 Å². The van der Waals surface area contributed by atoms with Crippen LogP contribution in [0, 0.1) is 0 Å². The maximum absolute atomic E-state index is 11.9. The summed E-state index contributed by atoms with van der Waals surface area (Å²) in [6.07, 6.45) is 0.863. The third-order valence-corrected chi connectivity index (χ3v) is 3.43. The average molecular weight is 276 g/mol. The average Bonchev–Trinajstić information content (AvgIpc) is 2.85. The van der Waals surface area contributed by atoms with Crippen LogP contribution >= 0.6 is 0 Å². The molecule has 1 heterocycles. The molecule has 0 spiro atoms. The van der Waals surface area contributed by atoms with E-state index in [-0.39, 0.29) is 17.9 Å². The van der Waals surface area contributed by atoms with Gasteiger partial charge in [0.05, 0.1) is 11.3 Å². The molecule has 20 heavy (non-hydrogen) atoms. The molecule has 0 aliphatic carbocycles. The van der Waals surface area contributed by atoms with Crippen molar-refractivity contribution in [1.82, 2.24) is 10.6 Å². The molecule has 1 aliphatic heterocycles.